The fourth-order valence-electron chi connectivity index (χ4n) is 5.90. The number of amides is 2. The second-order valence-corrected chi connectivity index (χ2v) is 14.7. The third-order valence-corrected chi connectivity index (χ3v) is 10.8. The summed E-state index contributed by atoms with van der Waals surface area (Å²) in [5.41, 5.74) is 2.64. The molecule has 0 aromatic heterocycles. The van der Waals surface area contributed by atoms with Crippen LogP contribution in [0, 0.1) is 5.92 Å². The molecule has 3 rings (SSSR count). The Morgan fingerprint density at radius 1 is 0.837 bits per heavy atom. The summed E-state index contributed by atoms with van der Waals surface area (Å²) in [5, 5.41) is 25.7. The van der Waals surface area contributed by atoms with Crippen molar-refractivity contribution >= 4 is 22.0 Å². The monoisotopic (exact) mass is 695 g/mol. The first-order chi connectivity index (χ1) is 23.5. The first-order valence-corrected chi connectivity index (χ1v) is 18.5. The quantitative estimate of drug-likeness (QED) is 0.121. The fraction of sp³-hybridized carbons (Fsp3) is 0.474. The van der Waals surface area contributed by atoms with Gasteiger partial charge in [-0.3, -0.25) is 4.79 Å². The van der Waals surface area contributed by atoms with Gasteiger partial charge in [-0.2, -0.15) is 4.31 Å². The summed E-state index contributed by atoms with van der Waals surface area (Å²) >= 11 is 0. The van der Waals surface area contributed by atoms with Crippen LogP contribution in [-0.4, -0.2) is 73.3 Å². The van der Waals surface area contributed by atoms with E-state index < -0.39 is 28.2 Å². The normalized spacial score (nSPS) is 13.7. The van der Waals surface area contributed by atoms with Crippen LogP contribution in [-0.2, 0) is 26.2 Å². The molecule has 0 aliphatic rings. The molecule has 0 saturated carbocycles. The Balaban J connectivity index is 1.74. The largest absolute Gasteiger partial charge is 0.453 e. The molecule has 0 spiro atoms. The first-order valence-electron chi connectivity index (χ1n) is 17.1. The van der Waals surface area contributed by atoms with Gasteiger partial charge >= 0.3 is 6.09 Å². The molecular formula is C38H53N3O7S. The van der Waals surface area contributed by atoms with Gasteiger partial charge in [0.25, 0.3) is 0 Å². The van der Waals surface area contributed by atoms with Crippen molar-refractivity contribution in [3.8, 4) is 0 Å². The van der Waals surface area contributed by atoms with Crippen molar-refractivity contribution in [1.82, 2.24) is 14.9 Å². The van der Waals surface area contributed by atoms with E-state index in [1.165, 1.54) is 23.5 Å². The highest BCUT2D eigenvalue weighted by Gasteiger charge is 2.32. The molecule has 2 amide bonds. The number of hydrogen-bond acceptors (Lipinski definition) is 7. The van der Waals surface area contributed by atoms with Crippen LogP contribution in [0.2, 0.25) is 0 Å². The van der Waals surface area contributed by atoms with Crippen LogP contribution in [0.25, 0.3) is 0 Å². The summed E-state index contributed by atoms with van der Waals surface area (Å²) in [6.07, 6.45) is 2.34. The van der Waals surface area contributed by atoms with Crippen molar-refractivity contribution < 1.29 is 33.0 Å². The van der Waals surface area contributed by atoms with Gasteiger partial charge in [-0.15, -0.1) is 0 Å². The lowest BCUT2D eigenvalue weighted by Crippen LogP contribution is -2.50. The molecule has 0 aliphatic carbocycles. The number of benzene rings is 3. The molecule has 49 heavy (non-hydrogen) atoms. The Morgan fingerprint density at radius 2 is 1.43 bits per heavy atom. The van der Waals surface area contributed by atoms with Gasteiger partial charge < -0.3 is 25.6 Å². The van der Waals surface area contributed by atoms with Crippen LogP contribution >= 0.6 is 0 Å². The lowest BCUT2D eigenvalue weighted by Gasteiger charge is -2.31. The molecule has 3 aromatic rings. The van der Waals surface area contributed by atoms with Crippen molar-refractivity contribution in [3.05, 3.63) is 102 Å². The SMILES string of the molecule is CC[C@@H](CCC[C@@H](CO)N(CCC(C)C)S(=O)(=O)c1ccc(CO)cc1)NC(=O)[C@H](CC(c1ccccc1)c1ccccc1)NC(=O)OC. The minimum absolute atomic E-state index is 0.110. The topological polar surface area (TPSA) is 145 Å². The van der Waals surface area contributed by atoms with E-state index in [2.05, 4.69) is 10.6 Å². The number of methoxy groups -OCH3 is 1. The highest BCUT2D eigenvalue weighted by molar-refractivity contribution is 7.89. The molecule has 3 atom stereocenters. The average molecular weight is 696 g/mol. The lowest BCUT2D eigenvalue weighted by molar-refractivity contribution is -0.124. The predicted octanol–water partition coefficient (Wildman–Crippen LogP) is 5.59. The third kappa shape index (κ3) is 12.0. The van der Waals surface area contributed by atoms with Crippen molar-refractivity contribution in [2.24, 2.45) is 5.92 Å². The molecular weight excluding hydrogens is 642 g/mol. The minimum atomic E-state index is -3.92. The number of ether oxygens (including phenoxy) is 1. The van der Waals surface area contributed by atoms with Gasteiger partial charge in [-0.1, -0.05) is 93.6 Å². The van der Waals surface area contributed by atoms with Crippen LogP contribution in [0.4, 0.5) is 4.79 Å². The molecule has 11 heteroatoms. The lowest BCUT2D eigenvalue weighted by atomic mass is 9.85. The van der Waals surface area contributed by atoms with Crippen LogP contribution in [0.1, 0.15) is 81.9 Å². The number of carbonyl (C=O) groups is 2. The molecule has 4 N–H and O–H groups in total. The maximum atomic E-state index is 13.8. The summed E-state index contributed by atoms with van der Waals surface area (Å²) < 4.78 is 33.8. The van der Waals surface area contributed by atoms with Gasteiger partial charge in [0.2, 0.25) is 15.9 Å². The summed E-state index contributed by atoms with van der Waals surface area (Å²) in [6, 6.07) is 24.0. The second kappa shape index (κ2) is 20.0. The highest BCUT2D eigenvalue weighted by atomic mass is 32.2. The van der Waals surface area contributed by atoms with Crippen LogP contribution in [0.3, 0.4) is 0 Å². The Morgan fingerprint density at radius 3 is 1.92 bits per heavy atom. The number of nitrogens with zero attached hydrogens (tertiary/aromatic N) is 1. The molecule has 0 fully saturated rings. The van der Waals surface area contributed by atoms with E-state index in [9.17, 15) is 28.2 Å². The van der Waals surface area contributed by atoms with Crippen molar-refractivity contribution in [3.63, 3.8) is 0 Å². The van der Waals surface area contributed by atoms with E-state index in [0.717, 1.165) is 11.1 Å². The maximum absolute atomic E-state index is 13.8. The van der Waals surface area contributed by atoms with E-state index >= 15 is 0 Å². The number of hydrogen-bond donors (Lipinski definition) is 4. The third-order valence-electron chi connectivity index (χ3n) is 8.86. The first kappa shape index (κ1) is 39.7. The van der Waals surface area contributed by atoms with Gasteiger partial charge in [0.05, 0.1) is 25.2 Å². The Hall–Kier alpha value is -3.77. The van der Waals surface area contributed by atoms with Crippen LogP contribution in [0.5, 0.6) is 0 Å². The second-order valence-electron chi connectivity index (χ2n) is 12.8. The van der Waals surface area contributed by atoms with E-state index in [0.29, 0.717) is 44.1 Å². The average Bonchev–Trinajstić information content (AvgIpc) is 3.12. The zero-order chi connectivity index (χ0) is 35.8. The van der Waals surface area contributed by atoms with Crippen LogP contribution in [0.15, 0.2) is 89.8 Å². The summed E-state index contributed by atoms with van der Waals surface area (Å²) in [6.45, 7) is 5.73. The number of aliphatic hydroxyl groups is 2. The Kier molecular flexibility index (Phi) is 16.2. The molecule has 3 aromatic carbocycles. The Labute approximate surface area is 291 Å². The summed E-state index contributed by atoms with van der Waals surface area (Å²) in [4.78, 5) is 26.3. The van der Waals surface area contributed by atoms with Crippen molar-refractivity contribution in [2.75, 3.05) is 20.3 Å². The zero-order valence-electron chi connectivity index (χ0n) is 29.1. The van der Waals surface area contributed by atoms with Crippen molar-refractivity contribution in [2.45, 2.75) is 94.8 Å². The van der Waals surface area contributed by atoms with Gasteiger partial charge in [0.15, 0.2) is 0 Å². The molecule has 0 heterocycles. The molecule has 0 saturated heterocycles. The minimum Gasteiger partial charge on any atom is -0.453 e. The number of aliphatic hydroxyl groups excluding tert-OH is 2. The van der Waals surface area contributed by atoms with Crippen LogP contribution < -0.4 is 10.6 Å². The standard InChI is InChI=1S/C38H53N3O7S/c1-5-32(17-12-18-33(27-43)41(24-23-28(2)3)49(46,47)34-21-19-29(26-42)20-22-34)39-37(44)36(40-38(45)48-4)25-35(30-13-8-6-9-14-30)31-15-10-7-11-16-31/h6-11,13-16,19-22,28,32-33,35-36,42-43H,5,12,17-18,23-27H2,1-4H3,(H,39,44)(H,40,45)/t32-,33-,36-/m0/s1. The fourth-order valence-corrected chi connectivity index (χ4v) is 7.56. The number of sulfonamides is 1. The molecule has 0 bridgehead atoms. The number of carbonyl (C=O) groups excluding carboxylic acids is 2. The Bertz CT molecular complexity index is 1480. The van der Waals surface area contributed by atoms with Gasteiger partial charge in [-0.05, 0) is 73.3 Å². The van der Waals surface area contributed by atoms with E-state index in [4.69, 9.17) is 4.74 Å². The highest BCUT2D eigenvalue weighted by Crippen LogP contribution is 2.30. The molecule has 0 aliphatic heterocycles. The van der Waals surface area contributed by atoms with E-state index in [1.807, 2.05) is 81.4 Å². The number of nitrogens with one attached hydrogen (secondary N) is 2. The molecule has 268 valence electrons. The molecule has 0 radical (unpaired) electrons. The molecule has 10 nitrogen and oxygen atoms in total. The number of rotatable bonds is 20. The summed E-state index contributed by atoms with van der Waals surface area (Å²) in [5.74, 6) is -0.247. The van der Waals surface area contributed by atoms with Gasteiger partial charge in [0.1, 0.15) is 6.04 Å². The van der Waals surface area contributed by atoms with Gasteiger partial charge in [-0.25, -0.2) is 13.2 Å². The van der Waals surface area contributed by atoms with E-state index in [1.54, 1.807) is 12.1 Å². The smallest absolute Gasteiger partial charge is 0.407 e. The van der Waals surface area contributed by atoms with Gasteiger partial charge in [0, 0.05) is 24.5 Å². The summed E-state index contributed by atoms with van der Waals surface area (Å²) in [7, 11) is -2.66. The number of alkyl carbamates (subject to hydrolysis) is 1. The maximum Gasteiger partial charge on any atom is 0.407 e. The molecule has 0 unspecified atom stereocenters. The predicted molar refractivity (Wildman–Crippen MR) is 191 cm³/mol. The van der Waals surface area contributed by atoms with E-state index in [-0.39, 0.29) is 48.4 Å². The zero-order valence-corrected chi connectivity index (χ0v) is 29.9. The van der Waals surface area contributed by atoms with Crippen molar-refractivity contribution in [1.29, 1.82) is 0 Å².